The molecule has 4 rings (SSSR count). The van der Waals surface area contributed by atoms with E-state index in [0.29, 0.717) is 5.41 Å². The number of ether oxygens (including phenoxy) is 1. The van der Waals surface area contributed by atoms with Crippen LogP contribution in [0.5, 0.6) is 5.75 Å². The van der Waals surface area contributed by atoms with Crippen molar-refractivity contribution in [3.05, 3.63) is 58.9 Å². The van der Waals surface area contributed by atoms with Crippen LogP contribution in [0, 0.1) is 24.7 Å². The summed E-state index contributed by atoms with van der Waals surface area (Å²) in [6.45, 7) is 8.97. The van der Waals surface area contributed by atoms with Crippen molar-refractivity contribution in [1.82, 2.24) is 4.98 Å². The van der Waals surface area contributed by atoms with Gasteiger partial charge >= 0.3 is 0 Å². The van der Waals surface area contributed by atoms with Crippen LogP contribution in [0.2, 0.25) is 0 Å². The first-order chi connectivity index (χ1) is 14.3. The molecule has 0 amide bonds. The quantitative estimate of drug-likeness (QED) is 0.486. The Labute approximate surface area is 181 Å². The molecule has 0 N–H and O–H groups in total. The molecule has 1 heterocycles. The van der Waals surface area contributed by atoms with Crippen LogP contribution in [0.4, 0.5) is 5.69 Å². The molecule has 2 unspecified atom stereocenters. The number of aryl methyl sites for hydroxylation is 3. The number of benzene rings is 1. The van der Waals surface area contributed by atoms with Gasteiger partial charge in [0.2, 0.25) is 0 Å². The Morgan fingerprint density at radius 2 is 2.00 bits per heavy atom. The molecule has 2 aliphatic carbocycles. The fraction of sp³-hybridized carbons (Fsp3) is 0.481. The Bertz CT molecular complexity index is 1010. The molecule has 0 saturated heterocycles. The highest BCUT2D eigenvalue weighted by Crippen LogP contribution is 2.60. The molecule has 30 heavy (non-hydrogen) atoms. The molecule has 1 aromatic heterocycles. The number of fused-ring (bicyclic) bond motifs is 2. The van der Waals surface area contributed by atoms with Crippen LogP contribution in [0.15, 0.2) is 41.5 Å². The third-order valence-electron chi connectivity index (χ3n) is 7.05. The molecule has 2 atom stereocenters. The molecule has 3 heteroatoms. The molecule has 158 valence electrons. The number of allylic oxidation sites excluding steroid dienone is 2. The number of hydrogen-bond donors (Lipinski definition) is 0. The average Bonchev–Trinajstić information content (AvgIpc) is 2.91. The van der Waals surface area contributed by atoms with E-state index in [4.69, 9.17) is 9.73 Å². The zero-order valence-corrected chi connectivity index (χ0v) is 19.1. The Kier molecular flexibility index (Phi) is 5.57. The van der Waals surface area contributed by atoms with E-state index in [-0.39, 0.29) is 5.41 Å². The largest absolute Gasteiger partial charge is 0.496 e. The number of hydrogen-bond acceptors (Lipinski definition) is 3. The van der Waals surface area contributed by atoms with Crippen molar-refractivity contribution in [3.8, 4) is 5.75 Å². The van der Waals surface area contributed by atoms with Gasteiger partial charge in [0.05, 0.1) is 18.5 Å². The summed E-state index contributed by atoms with van der Waals surface area (Å²) in [5.74, 6) is 0.953. The van der Waals surface area contributed by atoms with Crippen LogP contribution in [-0.2, 0) is 6.42 Å². The summed E-state index contributed by atoms with van der Waals surface area (Å²) in [4.78, 5) is 9.48. The van der Waals surface area contributed by atoms with Crippen molar-refractivity contribution < 1.29 is 4.74 Å². The summed E-state index contributed by atoms with van der Waals surface area (Å²) in [6, 6.07) is 8.66. The van der Waals surface area contributed by atoms with Gasteiger partial charge < -0.3 is 4.74 Å². The van der Waals surface area contributed by atoms with Crippen LogP contribution in [0.1, 0.15) is 68.3 Å². The van der Waals surface area contributed by atoms with Gasteiger partial charge in [-0.2, -0.15) is 0 Å². The second-order valence-corrected chi connectivity index (χ2v) is 9.79. The first-order valence-corrected chi connectivity index (χ1v) is 11.2. The number of aliphatic imine (C=N–C) groups is 1. The zero-order chi connectivity index (χ0) is 21.4. The minimum atomic E-state index is 0.287. The minimum absolute atomic E-state index is 0.287. The number of pyridine rings is 1. The lowest BCUT2D eigenvalue weighted by Gasteiger charge is -2.37. The van der Waals surface area contributed by atoms with E-state index in [1.807, 2.05) is 19.3 Å². The summed E-state index contributed by atoms with van der Waals surface area (Å²) in [5, 5.41) is 0. The number of aromatic nitrogens is 1. The van der Waals surface area contributed by atoms with Crippen LogP contribution in [0.25, 0.3) is 5.57 Å². The van der Waals surface area contributed by atoms with E-state index in [9.17, 15) is 0 Å². The monoisotopic (exact) mass is 402 g/mol. The van der Waals surface area contributed by atoms with Crippen molar-refractivity contribution >= 4 is 17.5 Å². The first kappa shape index (κ1) is 20.8. The van der Waals surface area contributed by atoms with Crippen molar-refractivity contribution in [2.75, 3.05) is 7.11 Å². The molecule has 0 radical (unpaired) electrons. The average molecular weight is 403 g/mol. The smallest absolute Gasteiger partial charge is 0.122 e. The Hall–Kier alpha value is -2.42. The van der Waals surface area contributed by atoms with Gasteiger partial charge in [-0.25, -0.2) is 0 Å². The van der Waals surface area contributed by atoms with Gasteiger partial charge in [-0.3, -0.25) is 9.98 Å². The molecular weight excluding hydrogens is 368 g/mol. The highest BCUT2D eigenvalue weighted by molar-refractivity contribution is 5.76. The zero-order valence-electron chi connectivity index (χ0n) is 19.1. The Morgan fingerprint density at radius 1 is 1.17 bits per heavy atom. The Morgan fingerprint density at radius 3 is 2.77 bits per heavy atom. The lowest BCUT2D eigenvalue weighted by Crippen LogP contribution is -2.25. The highest BCUT2D eigenvalue weighted by Gasteiger charge is 2.46. The highest BCUT2D eigenvalue weighted by atomic mass is 16.5. The minimum Gasteiger partial charge on any atom is -0.496 e. The molecule has 1 saturated carbocycles. The number of nitrogens with zero attached hydrogens (tertiary/aromatic N) is 2. The van der Waals surface area contributed by atoms with Crippen molar-refractivity contribution in [2.45, 2.75) is 66.2 Å². The summed E-state index contributed by atoms with van der Waals surface area (Å²) in [7, 11) is 1.73. The predicted octanol–water partition coefficient (Wildman–Crippen LogP) is 7.03. The number of methoxy groups -OCH3 is 1. The van der Waals surface area contributed by atoms with Crippen molar-refractivity contribution in [1.29, 1.82) is 0 Å². The number of rotatable bonds is 6. The summed E-state index contributed by atoms with van der Waals surface area (Å²) in [6.07, 6.45) is 13.6. The van der Waals surface area contributed by atoms with Gasteiger partial charge in [0.15, 0.2) is 0 Å². The van der Waals surface area contributed by atoms with Gasteiger partial charge in [-0.15, -0.1) is 0 Å². The van der Waals surface area contributed by atoms with Crippen LogP contribution in [-0.4, -0.2) is 18.3 Å². The molecule has 1 aromatic carbocycles. The molecule has 2 aliphatic rings. The fourth-order valence-electron chi connectivity index (χ4n) is 5.47. The van der Waals surface area contributed by atoms with Gasteiger partial charge in [0.25, 0.3) is 0 Å². The van der Waals surface area contributed by atoms with E-state index < -0.39 is 0 Å². The molecule has 2 bridgehead atoms. The van der Waals surface area contributed by atoms with Gasteiger partial charge in [0, 0.05) is 12.4 Å². The third kappa shape index (κ3) is 4.08. The van der Waals surface area contributed by atoms with Crippen molar-refractivity contribution in [2.24, 2.45) is 15.8 Å². The topological polar surface area (TPSA) is 34.5 Å². The maximum absolute atomic E-state index is 5.44. The molecule has 1 fully saturated rings. The van der Waals surface area contributed by atoms with Crippen molar-refractivity contribution in [3.63, 3.8) is 0 Å². The summed E-state index contributed by atoms with van der Waals surface area (Å²) >= 11 is 0. The predicted molar refractivity (Wildman–Crippen MR) is 126 cm³/mol. The van der Waals surface area contributed by atoms with Crippen LogP contribution in [0.3, 0.4) is 0 Å². The van der Waals surface area contributed by atoms with Gasteiger partial charge in [0.1, 0.15) is 5.75 Å². The van der Waals surface area contributed by atoms with E-state index in [1.54, 1.807) is 7.11 Å². The van der Waals surface area contributed by atoms with E-state index >= 15 is 0 Å². The molecular formula is C27H34N2O. The molecule has 0 aliphatic heterocycles. The van der Waals surface area contributed by atoms with Gasteiger partial charge in [-0.1, -0.05) is 38.5 Å². The summed E-state index contributed by atoms with van der Waals surface area (Å²) < 4.78 is 5.44. The maximum Gasteiger partial charge on any atom is 0.122 e. The van der Waals surface area contributed by atoms with Gasteiger partial charge in [-0.05, 0) is 91.2 Å². The standard InChI is InChI=1S/C27H34N2O/c1-19-9-10-21(14-25(19)30-5)8-6-13-28-24-15-22(17-29-20(24)2)23-16-26(3)11-7-12-27(23,4)18-26/h9-10,13-17H,6-8,11-12,18H2,1-5H3. The second kappa shape index (κ2) is 8.02. The SMILES string of the molecule is COc1cc(CCC=Nc2cc(C3=CC4(C)CCCC3(C)C4)cnc2C)ccc1C. The van der Waals surface area contributed by atoms with Crippen LogP contribution >= 0.6 is 0 Å². The molecule has 2 aromatic rings. The normalized spacial score (nSPS) is 25.6. The molecule has 0 spiro atoms. The van der Waals surface area contributed by atoms with E-state index in [1.165, 1.54) is 47.9 Å². The second-order valence-electron chi connectivity index (χ2n) is 9.79. The lowest BCUT2D eigenvalue weighted by molar-refractivity contribution is 0.200. The van der Waals surface area contributed by atoms with Crippen LogP contribution < -0.4 is 4.74 Å². The molecule has 3 nitrogen and oxygen atoms in total. The van der Waals surface area contributed by atoms with E-state index in [2.05, 4.69) is 56.1 Å². The summed E-state index contributed by atoms with van der Waals surface area (Å²) in [5.41, 5.74) is 7.80. The van der Waals surface area contributed by atoms with E-state index in [0.717, 1.165) is 30.0 Å². The fourth-order valence-corrected chi connectivity index (χ4v) is 5.47. The third-order valence-corrected chi connectivity index (χ3v) is 7.05. The Balaban J connectivity index is 1.49. The first-order valence-electron chi connectivity index (χ1n) is 11.2. The lowest BCUT2D eigenvalue weighted by atomic mass is 9.67. The maximum atomic E-state index is 5.44.